The highest BCUT2D eigenvalue weighted by molar-refractivity contribution is 5.73. The summed E-state index contributed by atoms with van der Waals surface area (Å²) in [5.74, 6) is 0. The Labute approximate surface area is 117 Å². The second kappa shape index (κ2) is 4.85. The molecule has 108 valence electrons. The van der Waals surface area contributed by atoms with Crippen molar-refractivity contribution in [2.75, 3.05) is 0 Å². The lowest BCUT2D eigenvalue weighted by Gasteiger charge is -2.09. The van der Waals surface area contributed by atoms with Crippen molar-refractivity contribution in [3.05, 3.63) is 54.1 Å². The fraction of sp³-hybridized carbons (Fsp3) is 0.143. The molecular weight excluding hydrogens is 283 g/mol. The van der Waals surface area contributed by atoms with E-state index < -0.39 is 11.7 Å². The fourth-order valence-corrected chi connectivity index (χ4v) is 2.07. The monoisotopic (exact) mass is 293 g/mol. The van der Waals surface area contributed by atoms with Gasteiger partial charge in [0.05, 0.1) is 17.9 Å². The van der Waals surface area contributed by atoms with Gasteiger partial charge in [-0.25, -0.2) is 9.97 Å². The molecule has 0 spiro atoms. The highest BCUT2D eigenvalue weighted by atomic mass is 19.4. The second-order valence-electron chi connectivity index (χ2n) is 4.47. The van der Waals surface area contributed by atoms with Crippen LogP contribution in [0.2, 0.25) is 0 Å². The molecule has 0 amide bonds. The predicted molar refractivity (Wildman–Crippen MR) is 69.3 cm³/mol. The minimum absolute atomic E-state index is 0.262. The SMILES string of the molecule is OCc1cn2ccnc2c(-c2ccc(C(F)(F)F)cc2)n1. The standard InChI is InChI=1S/C14H10F3N3O/c15-14(16,17)10-3-1-9(2-4-10)12-13-18-5-6-20(13)7-11(8-21)19-12/h1-7,21H,8H2. The maximum Gasteiger partial charge on any atom is 0.416 e. The summed E-state index contributed by atoms with van der Waals surface area (Å²) in [4.78, 5) is 8.38. The van der Waals surface area contributed by atoms with Crippen LogP contribution in [-0.2, 0) is 12.8 Å². The molecule has 0 aliphatic rings. The van der Waals surface area contributed by atoms with Crippen LogP contribution in [0.15, 0.2) is 42.9 Å². The molecule has 3 aromatic rings. The molecule has 3 rings (SSSR count). The zero-order valence-corrected chi connectivity index (χ0v) is 10.7. The Morgan fingerprint density at radius 1 is 1.14 bits per heavy atom. The summed E-state index contributed by atoms with van der Waals surface area (Å²) in [5, 5.41) is 9.21. The number of aromatic nitrogens is 3. The summed E-state index contributed by atoms with van der Waals surface area (Å²) < 4.78 is 39.4. The minimum Gasteiger partial charge on any atom is -0.390 e. The summed E-state index contributed by atoms with van der Waals surface area (Å²) in [6.45, 7) is -0.262. The van der Waals surface area contributed by atoms with E-state index in [0.717, 1.165) is 12.1 Å². The average Bonchev–Trinajstić information content (AvgIpc) is 2.93. The van der Waals surface area contributed by atoms with Gasteiger partial charge in [-0.05, 0) is 12.1 Å². The number of hydrogen-bond acceptors (Lipinski definition) is 3. The van der Waals surface area contributed by atoms with Crippen LogP contribution in [0.3, 0.4) is 0 Å². The van der Waals surface area contributed by atoms with Gasteiger partial charge in [0, 0.05) is 24.2 Å². The van der Waals surface area contributed by atoms with Crippen molar-refractivity contribution in [1.82, 2.24) is 14.4 Å². The van der Waals surface area contributed by atoms with Crippen LogP contribution in [0.5, 0.6) is 0 Å². The Balaban J connectivity index is 2.13. The van der Waals surface area contributed by atoms with Crippen LogP contribution in [0, 0.1) is 0 Å². The third-order valence-corrected chi connectivity index (χ3v) is 3.07. The van der Waals surface area contributed by atoms with Crippen molar-refractivity contribution in [1.29, 1.82) is 0 Å². The molecule has 0 saturated heterocycles. The van der Waals surface area contributed by atoms with E-state index in [2.05, 4.69) is 9.97 Å². The molecule has 7 heteroatoms. The average molecular weight is 293 g/mol. The van der Waals surface area contributed by atoms with Crippen molar-refractivity contribution in [3.8, 4) is 11.3 Å². The first-order chi connectivity index (χ1) is 9.99. The number of aliphatic hydroxyl groups excluding tert-OH is 1. The van der Waals surface area contributed by atoms with Gasteiger partial charge < -0.3 is 9.51 Å². The van der Waals surface area contributed by atoms with Crippen LogP contribution < -0.4 is 0 Å². The van der Waals surface area contributed by atoms with E-state index in [1.54, 1.807) is 23.0 Å². The van der Waals surface area contributed by atoms with E-state index in [-0.39, 0.29) is 6.61 Å². The Bertz CT molecular complexity index is 778. The number of benzene rings is 1. The Morgan fingerprint density at radius 3 is 2.48 bits per heavy atom. The third kappa shape index (κ3) is 2.47. The molecule has 2 aromatic heterocycles. The van der Waals surface area contributed by atoms with Crippen molar-refractivity contribution < 1.29 is 18.3 Å². The van der Waals surface area contributed by atoms with Gasteiger partial charge in [0.25, 0.3) is 0 Å². The number of hydrogen-bond donors (Lipinski definition) is 1. The molecule has 2 heterocycles. The molecule has 0 atom stereocenters. The van der Waals surface area contributed by atoms with E-state index >= 15 is 0 Å². The normalized spacial score (nSPS) is 12.0. The van der Waals surface area contributed by atoms with Crippen LogP contribution in [0.1, 0.15) is 11.3 Å². The van der Waals surface area contributed by atoms with Crippen LogP contribution in [0.25, 0.3) is 16.9 Å². The Kier molecular flexibility index (Phi) is 3.13. The molecule has 21 heavy (non-hydrogen) atoms. The minimum atomic E-state index is -4.37. The van der Waals surface area contributed by atoms with Crippen molar-refractivity contribution in [2.45, 2.75) is 12.8 Å². The third-order valence-electron chi connectivity index (χ3n) is 3.07. The first kappa shape index (κ1) is 13.6. The van der Waals surface area contributed by atoms with E-state index in [1.807, 2.05) is 0 Å². The summed E-state index contributed by atoms with van der Waals surface area (Å²) in [6.07, 6.45) is 0.493. The molecule has 1 N–H and O–H groups in total. The topological polar surface area (TPSA) is 50.4 Å². The number of nitrogens with zero attached hydrogens (tertiary/aromatic N) is 3. The van der Waals surface area contributed by atoms with E-state index in [0.29, 0.717) is 22.6 Å². The molecule has 0 aliphatic carbocycles. The van der Waals surface area contributed by atoms with Gasteiger partial charge >= 0.3 is 6.18 Å². The maximum atomic E-state index is 12.6. The lowest BCUT2D eigenvalue weighted by Crippen LogP contribution is -2.04. The number of aliphatic hydroxyl groups is 1. The summed E-state index contributed by atoms with van der Waals surface area (Å²) in [7, 11) is 0. The maximum absolute atomic E-state index is 12.6. The van der Waals surface area contributed by atoms with Crippen molar-refractivity contribution in [2.24, 2.45) is 0 Å². The molecule has 0 fully saturated rings. The molecule has 0 aliphatic heterocycles. The lowest BCUT2D eigenvalue weighted by atomic mass is 10.1. The number of fused-ring (bicyclic) bond motifs is 1. The zero-order chi connectivity index (χ0) is 15.0. The second-order valence-corrected chi connectivity index (χ2v) is 4.47. The van der Waals surface area contributed by atoms with E-state index in [1.165, 1.54) is 12.1 Å². The fourth-order valence-electron chi connectivity index (χ4n) is 2.07. The van der Waals surface area contributed by atoms with Gasteiger partial charge in [-0.2, -0.15) is 13.2 Å². The summed E-state index contributed by atoms with van der Waals surface area (Å²) >= 11 is 0. The number of imidazole rings is 1. The Hall–Kier alpha value is -2.41. The largest absolute Gasteiger partial charge is 0.416 e. The smallest absolute Gasteiger partial charge is 0.390 e. The lowest BCUT2D eigenvalue weighted by molar-refractivity contribution is -0.137. The molecule has 0 saturated carbocycles. The van der Waals surface area contributed by atoms with Crippen molar-refractivity contribution >= 4 is 5.65 Å². The van der Waals surface area contributed by atoms with E-state index in [4.69, 9.17) is 0 Å². The van der Waals surface area contributed by atoms with Crippen LogP contribution in [-0.4, -0.2) is 19.5 Å². The van der Waals surface area contributed by atoms with Gasteiger partial charge in [-0.3, -0.25) is 0 Å². The van der Waals surface area contributed by atoms with Gasteiger partial charge in [0.15, 0.2) is 5.65 Å². The molecule has 0 bridgehead atoms. The zero-order valence-electron chi connectivity index (χ0n) is 10.7. The highest BCUT2D eigenvalue weighted by Gasteiger charge is 2.30. The molecule has 4 nitrogen and oxygen atoms in total. The molecule has 0 unspecified atom stereocenters. The molecule has 0 radical (unpaired) electrons. The van der Waals surface area contributed by atoms with Gasteiger partial charge in [-0.1, -0.05) is 12.1 Å². The van der Waals surface area contributed by atoms with Gasteiger partial charge in [-0.15, -0.1) is 0 Å². The quantitative estimate of drug-likeness (QED) is 0.790. The van der Waals surface area contributed by atoms with Gasteiger partial charge in [0.1, 0.15) is 5.69 Å². The first-order valence-electron chi connectivity index (χ1n) is 6.10. The molecular formula is C14H10F3N3O. The summed E-state index contributed by atoms with van der Waals surface area (Å²) in [5.41, 5.74) is 1.15. The van der Waals surface area contributed by atoms with Crippen LogP contribution in [0.4, 0.5) is 13.2 Å². The van der Waals surface area contributed by atoms with Crippen molar-refractivity contribution in [3.63, 3.8) is 0 Å². The highest BCUT2D eigenvalue weighted by Crippen LogP contribution is 2.31. The predicted octanol–water partition coefficient (Wildman–Crippen LogP) is 2.91. The van der Waals surface area contributed by atoms with E-state index in [9.17, 15) is 18.3 Å². The van der Waals surface area contributed by atoms with Gasteiger partial charge in [0.2, 0.25) is 0 Å². The number of halogens is 3. The van der Waals surface area contributed by atoms with Crippen LogP contribution >= 0.6 is 0 Å². The molecule has 1 aromatic carbocycles. The number of rotatable bonds is 2. The summed E-state index contributed by atoms with van der Waals surface area (Å²) in [6, 6.07) is 4.70. The first-order valence-corrected chi connectivity index (χ1v) is 6.10. The Morgan fingerprint density at radius 2 is 1.86 bits per heavy atom. The number of alkyl halides is 3.